The fourth-order valence-corrected chi connectivity index (χ4v) is 3.67. The zero-order valence-corrected chi connectivity index (χ0v) is 15.6. The Morgan fingerprint density at radius 3 is 2.73 bits per heavy atom. The summed E-state index contributed by atoms with van der Waals surface area (Å²) in [5, 5.41) is 2.85. The molecule has 2 rings (SSSR count). The van der Waals surface area contributed by atoms with Crippen LogP contribution in [0.2, 0.25) is 0 Å². The van der Waals surface area contributed by atoms with Crippen LogP contribution in [0.5, 0.6) is 0 Å². The second kappa shape index (κ2) is 7.53. The first-order valence-electron chi connectivity index (χ1n) is 6.44. The van der Waals surface area contributed by atoms with E-state index in [4.69, 9.17) is 0 Å². The topological polar surface area (TPSA) is 75.3 Å². The molecular formula is C14H15IN2O3S2. The molecule has 0 spiro atoms. The van der Waals surface area contributed by atoms with Gasteiger partial charge in [-0.1, -0.05) is 6.07 Å². The van der Waals surface area contributed by atoms with Crippen molar-refractivity contribution < 1.29 is 13.2 Å². The number of amides is 1. The van der Waals surface area contributed by atoms with E-state index in [0.29, 0.717) is 17.8 Å². The van der Waals surface area contributed by atoms with Crippen molar-refractivity contribution in [1.82, 2.24) is 4.72 Å². The Bertz CT molecular complexity index is 772. The fourth-order valence-electron chi connectivity index (χ4n) is 1.75. The van der Waals surface area contributed by atoms with Gasteiger partial charge in [-0.15, -0.1) is 11.3 Å². The summed E-state index contributed by atoms with van der Waals surface area (Å²) in [6.07, 6.45) is 1.69. The maximum absolute atomic E-state index is 12.2. The predicted octanol–water partition coefficient (Wildman–Crippen LogP) is 2.70. The van der Waals surface area contributed by atoms with E-state index in [0.717, 1.165) is 20.4 Å². The molecule has 8 heteroatoms. The summed E-state index contributed by atoms with van der Waals surface area (Å²) in [6, 6.07) is 11.2. The van der Waals surface area contributed by atoms with Gasteiger partial charge in [-0.3, -0.25) is 4.79 Å². The van der Waals surface area contributed by atoms with Crippen LogP contribution in [0.15, 0.2) is 36.4 Å². The second-order valence-electron chi connectivity index (χ2n) is 4.65. The number of sulfonamides is 1. The number of carbonyl (C=O) groups is 1. The van der Waals surface area contributed by atoms with Gasteiger partial charge in [0.1, 0.15) is 0 Å². The molecule has 0 aliphatic rings. The molecule has 0 aliphatic carbocycles. The summed E-state index contributed by atoms with van der Waals surface area (Å²) in [4.78, 5) is 13.7. The molecule has 118 valence electrons. The van der Waals surface area contributed by atoms with Gasteiger partial charge in [-0.25, -0.2) is 13.1 Å². The van der Waals surface area contributed by atoms with Gasteiger partial charge in [0.15, 0.2) is 0 Å². The lowest BCUT2D eigenvalue weighted by Crippen LogP contribution is -2.24. The highest BCUT2D eigenvalue weighted by Gasteiger charge is 2.10. The maximum Gasteiger partial charge on any atom is 0.265 e. The molecule has 0 atom stereocenters. The number of hydrogen-bond donors (Lipinski definition) is 2. The van der Waals surface area contributed by atoms with Crippen molar-refractivity contribution in [3.05, 3.63) is 49.7 Å². The molecule has 1 aromatic carbocycles. The molecule has 1 amide bonds. The molecule has 0 radical (unpaired) electrons. The zero-order valence-electron chi connectivity index (χ0n) is 11.8. The zero-order chi connectivity index (χ0) is 16.2. The van der Waals surface area contributed by atoms with Crippen molar-refractivity contribution in [2.75, 3.05) is 18.1 Å². The van der Waals surface area contributed by atoms with E-state index in [9.17, 15) is 13.2 Å². The van der Waals surface area contributed by atoms with E-state index >= 15 is 0 Å². The Morgan fingerprint density at radius 1 is 1.27 bits per heavy atom. The van der Waals surface area contributed by atoms with Crippen molar-refractivity contribution in [2.24, 2.45) is 0 Å². The van der Waals surface area contributed by atoms with Crippen LogP contribution in [0.3, 0.4) is 0 Å². The molecule has 0 unspecified atom stereocenters. The Hall–Kier alpha value is -0.970. The normalized spacial score (nSPS) is 11.4. The van der Waals surface area contributed by atoms with Gasteiger partial charge in [0.2, 0.25) is 10.0 Å². The van der Waals surface area contributed by atoms with E-state index in [2.05, 4.69) is 32.6 Å². The Morgan fingerprint density at radius 2 is 2.05 bits per heavy atom. The first-order valence-corrected chi connectivity index (χ1v) is 10.2. The lowest BCUT2D eigenvalue weighted by Gasteiger charge is -2.03. The van der Waals surface area contributed by atoms with Crippen LogP contribution in [-0.4, -0.2) is 27.1 Å². The Balaban J connectivity index is 1.94. The van der Waals surface area contributed by atoms with E-state index in [-0.39, 0.29) is 5.91 Å². The van der Waals surface area contributed by atoms with Gasteiger partial charge in [0.25, 0.3) is 5.91 Å². The Kier molecular flexibility index (Phi) is 5.95. The summed E-state index contributed by atoms with van der Waals surface area (Å²) in [5.74, 6) is -0.158. The number of thiophene rings is 1. The monoisotopic (exact) mass is 450 g/mol. The minimum atomic E-state index is -3.17. The summed E-state index contributed by atoms with van der Waals surface area (Å²) in [5.41, 5.74) is 0.755. The minimum Gasteiger partial charge on any atom is -0.321 e. The molecule has 0 aliphatic heterocycles. The first-order chi connectivity index (χ1) is 10.3. The highest BCUT2D eigenvalue weighted by molar-refractivity contribution is 14.1. The highest BCUT2D eigenvalue weighted by atomic mass is 127. The molecule has 0 saturated heterocycles. The molecule has 2 N–H and O–H groups in total. The van der Waals surface area contributed by atoms with Gasteiger partial charge in [-0.05, 0) is 59.3 Å². The molecule has 0 bridgehead atoms. The van der Waals surface area contributed by atoms with Crippen molar-refractivity contribution in [2.45, 2.75) is 6.42 Å². The summed E-state index contributed by atoms with van der Waals surface area (Å²) in [6.45, 7) is 0.331. The van der Waals surface area contributed by atoms with Crippen LogP contribution in [-0.2, 0) is 16.4 Å². The summed E-state index contributed by atoms with van der Waals surface area (Å²) < 4.78 is 25.5. The van der Waals surface area contributed by atoms with Gasteiger partial charge in [-0.2, -0.15) is 0 Å². The van der Waals surface area contributed by atoms with E-state index < -0.39 is 10.0 Å². The molecule has 1 heterocycles. The van der Waals surface area contributed by atoms with Gasteiger partial charge < -0.3 is 5.32 Å². The lowest BCUT2D eigenvalue weighted by atomic mass is 10.3. The fraction of sp³-hybridized carbons (Fsp3) is 0.214. The van der Waals surface area contributed by atoms with E-state index in [1.165, 1.54) is 11.3 Å². The standard InChI is InChI=1S/C14H15IN2O3S2/c1-22(19,20)16-8-7-12-5-6-13(21-12)14(18)17-11-4-2-3-10(15)9-11/h2-6,9,16H,7-8H2,1H3,(H,17,18). The SMILES string of the molecule is CS(=O)(=O)NCCc1ccc(C(=O)Nc2cccc(I)c2)s1. The predicted molar refractivity (Wildman–Crippen MR) is 98.0 cm³/mol. The molecule has 5 nitrogen and oxygen atoms in total. The van der Waals surface area contributed by atoms with Gasteiger partial charge >= 0.3 is 0 Å². The first kappa shape index (κ1) is 17.4. The third-order valence-corrected chi connectivity index (χ3v) is 5.25. The number of benzene rings is 1. The highest BCUT2D eigenvalue weighted by Crippen LogP contribution is 2.19. The average Bonchev–Trinajstić information content (AvgIpc) is 2.86. The van der Waals surface area contributed by atoms with Crippen molar-refractivity contribution >= 4 is 55.5 Å². The van der Waals surface area contributed by atoms with Crippen molar-refractivity contribution in [1.29, 1.82) is 0 Å². The number of hydrogen-bond acceptors (Lipinski definition) is 4. The Labute approximate surface area is 147 Å². The van der Waals surface area contributed by atoms with Crippen LogP contribution >= 0.6 is 33.9 Å². The third kappa shape index (κ3) is 5.67. The number of halogens is 1. The van der Waals surface area contributed by atoms with Crippen molar-refractivity contribution in [3.63, 3.8) is 0 Å². The van der Waals surface area contributed by atoms with Crippen LogP contribution in [0.1, 0.15) is 14.5 Å². The lowest BCUT2D eigenvalue weighted by molar-refractivity contribution is 0.103. The number of nitrogens with one attached hydrogen (secondary N) is 2. The minimum absolute atomic E-state index is 0.158. The van der Waals surface area contributed by atoms with Gasteiger partial charge in [0.05, 0.1) is 11.1 Å². The largest absolute Gasteiger partial charge is 0.321 e. The summed E-state index contributed by atoms with van der Waals surface area (Å²) in [7, 11) is -3.17. The molecular weight excluding hydrogens is 435 g/mol. The maximum atomic E-state index is 12.2. The second-order valence-corrected chi connectivity index (χ2v) is 8.89. The van der Waals surface area contributed by atoms with Crippen LogP contribution in [0.4, 0.5) is 5.69 Å². The third-order valence-electron chi connectivity index (χ3n) is 2.70. The van der Waals surface area contributed by atoms with Crippen LogP contribution in [0, 0.1) is 3.57 Å². The number of rotatable bonds is 6. The molecule has 2 aromatic rings. The van der Waals surface area contributed by atoms with E-state index in [1.807, 2.05) is 30.3 Å². The summed E-state index contributed by atoms with van der Waals surface area (Å²) >= 11 is 3.55. The molecule has 0 fully saturated rings. The molecule has 0 saturated carbocycles. The van der Waals surface area contributed by atoms with Crippen molar-refractivity contribution in [3.8, 4) is 0 Å². The average molecular weight is 450 g/mol. The number of anilines is 1. The molecule has 22 heavy (non-hydrogen) atoms. The van der Waals surface area contributed by atoms with E-state index in [1.54, 1.807) is 6.07 Å². The number of carbonyl (C=O) groups excluding carboxylic acids is 1. The van der Waals surface area contributed by atoms with Gasteiger partial charge in [0, 0.05) is 20.7 Å². The van der Waals surface area contributed by atoms with Crippen LogP contribution in [0.25, 0.3) is 0 Å². The van der Waals surface area contributed by atoms with Crippen LogP contribution < -0.4 is 10.0 Å². The molecule has 1 aromatic heterocycles. The smallest absolute Gasteiger partial charge is 0.265 e. The quantitative estimate of drug-likeness (QED) is 0.665.